The number of hydrogen-bond donors (Lipinski definition) is 0. The van der Waals surface area contributed by atoms with Crippen LogP contribution < -0.4 is 35.2 Å². The van der Waals surface area contributed by atoms with Crippen LogP contribution in [0.4, 0.5) is 0 Å². The van der Waals surface area contributed by atoms with Gasteiger partial charge in [0.1, 0.15) is 0 Å². The predicted molar refractivity (Wildman–Crippen MR) is 170 cm³/mol. The van der Waals surface area contributed by atoms with E-state index in [-0.39, 0.29) is 24.8 Å². The van der Waals surface area contributed by atoms with Crippen LogP contribution in [0.3, 0.4) is 0 Å². The molecule has 2 aliphatic carbocycles. The third-order valence-electron chi connectivity index (χ3n) is 6.82. The molecule has 212 valence electrons. The minimum atomic E-state index is -0.455. The molecule has 0 bridgehead atoms. The fraction of sp³-hybridized carbons (Fsp3) is 0.158. The van der Waals surface area contributed by atoms with Crippen LogP contribution in [0.1, 0.15) is 38.8 Å². The fourth-order valence-corrected chi connectivity index (χ4v) is 8.75. The van der Waals surface area contributed by atoms with Crippen molar-refractivity contribution in [1.82, 2.24) is 0 Å². The molecule has 2 aliphatic rings. The average molecular weight is 683 g/mol. The molecule has 0 nitrogen and oxygen atoms in total. The summed E-state index contributed by atoms with van der Waals surface area (Å²) in [5.41, 5.74) is 7.39. The van der Waals surface area contributed by atoms with E-state index in [9.17, 15) is 0 Å². The monoisotopic (exact) mass is 680 g/mol. The molecule has 0 saturated carbocycles. The van der Waals surface area contributed by atoms with Gasteiger partial charge in [-0.15, -0.1) is 11.1 Å². The first-order valence-electron chi connectivity index (χ1n) is 13.9. The Balaban J connectivity index is 0.000000215. The first kappa shape index (κ1) is 35.7. The maximum absolute atomic E-state index is 3.39. The van der Waals surface area contributed by atoms with E-state index in [1.54, 1.807) is 23.3 Å². The minimum absolute atomic E-state index is 0. The number of hydrogen-bond acceptors (Lipinski definition) is 0. The standard InChI is InChI=1S/2C13H13.C12H10Si.2ClH.Zr/c2*1-10-8-11(2)13(9-10)12-6-4-3-5-7-12;1-3-7-11(8-4-1)13-12-9-5-2-6-10-12;;;/h2*3-7,9-10H,1-2H3;1-10H;2*1H;/q2*-1;;;;+2/p-2. The maximum atomic E-state index is 3.39. The third-order valence-corrected chi connectivity index (χ3v) is 12.9. The SMILES string of the molecule is CC1=[C-]C(C)C=C1c1ccccc1.CC1=[C-]C(C)C=C1c1ccccc1.[Cl-].[Cl-].[Zr+2]=[Si](c1ccccc1)c1ccccc1. The Morgan fingerprint density at radius 2 is 0.786 bits per heavy atom. The molecule has 4 heteroatoms. The topological polar surface area (TPSA) is 0 Å². The van der Waals surface area contributed by atoms with E-state index in [0.717, 1.165) is 0 Å². The van der Waals surface area contributed by atoms with Gasteiger partial charge in [-0.1, -0.05) is 100 Å². The van der Waals surface area contributed by atoms with Crippen molar-refractivity contribution < 1.29 is 48.1 Å². The van der Waals surface area contributed by atoms with Gasteiger partial charge in [-0.3, -0.25) is 12.2 Å². The van der Waals surface area contributed by atoms with Crippen molar-refractivity contribution in [3.05, 3.63) is 168 Å². The normalized spacial score (nSPS) is 16.4. The van der Waals surface area contributed by atoms with E-state index in [0.29, 0.717) is 11.8 Å². The summed E-state index contributed by atoms with van der Waals surface area (Å²) in [6.45, 7) is 8.59. The van der Waals surface area contributed by atoms with Crippen molar-refractivity contribution in [3.8, 4) is 0 Å². The van der Waals surface area contributed by atoms with Gasteiger partial charge in [-0.05, 0) is 0 Å². The zero-order valence-electron chi connectivity index (χ0n) is 24.6. The van der Waals surface area contributed by atoms with E-state index >= 15 is 0 Å². The molecule has 0 aliphatic heterocycles. The van der Waals surface area contributed by atoms with E-state index in [1.165, 1.54) is 43.8 Å². The second-order valence-electron chi connectivity index (χ2n) is 10.1. The van der Waals surface area contributed by atoms with Crippen molar-refractivity contribution in [2.75, 3.05) is 0 Å². The van der Waals surface area contributed by atoms with Crippen molar-refractivity contribution in [1.29, 1.82) is 0 Å². The Hall–Kier alpha value is -2.48. The van der Waals surface area contributed by atoms with Gasteiger partial charge in [0, 0.05) is 0 Å². The zero-order valence-corrected chi connectivity index (χ0v) is 29.6. The van der Waals surface area contributed by atoms with Crippen LogP contribution in [0.2, 0.25) is 0 Å². The van der Waals surface area contributed by atoms with E-state index in [2.05, 4.69) is 161 Å². The van der Waals surface area contributed by atoms with Gasteiger partial charge in [-0.2, -0.15) is 23.3 Å². The summed E-state index contributed by atoms with van der Waals surface area (Å²) < 4.78 is 0. The van der Waals surface area contributed by atoms with Crippen LogP contribution in [-0.4, -0.2) is 5.43 Å². The molecule has 0 heterocycles. The number of allylic oxidation sites excluding steroid dienone is 8. The average Bonchev–Trinajstić information content (AvgIpc) is 3.53. The summed E-state index contributed by atoms with van der Waals surface area (Å²) in [7, 11) is 0. The van der Waals surface area contributed by atoms with Crippen molar-refractivity contribution in [2.45, 2.75) is 27.7 Å². The van der Waals surface area contributed by atoms with E-state index in [1.807, 2.05) is 12.1 Å². The molecule has 0 aromatic heterocycles. The molecule has 0 fully saturated rings. The molecule has 0 N–H and O–H groups in total. The van der Waals surface area contributed by atoms with Crippen LogP contribution >= 0.6 is 0 Å². The van der Waals surface area contributed by atoms with Gasteiger partial charge in [0.2, 0.25) is 0 Å². The van der Waals surface area contributed by atoms with Gasteiger partial charge in [0.15, 0.2) is 0 Å². The van der Waals surface area contributed by atoms with Gasteiger partial charge in [0.25, 0.3) is 0 Å². The van der Waals surface area contributed by atoms with Crippen LogP contribution in [-0.2, 0) is 23.3 Å². The Bertz CT molecular complexity index is 1410. The van der Waals surface area contributed by atoms with E-state index in [4.69, 9.17) is 0 Å². The second-order valence-corrected chi connectivity index (χ2v) is 15.7. The van der Waals surface area contributed by atoms with Gasteiger partial charge in [0.05, 0.1) is 0 Å². The molecule has 6 rings (SSSR count). The summed E-state index contributed by atoms with van der Waals surface area (Å²) in [6, 6.07) is 42.7. The molecule has 4 aromatic carbocycles. The molecule has 0 spiro atoms. The Morgan fingerprint density at radius 1 is 0.500 bits per heavy atom. The van der Waals surface area contributed by atoms with Crippen molar-refractivity contribution >= 4 is 27.0 Å². The molecule has 0 radical (unpaired) electrons. The molecule has 42 heavy (non-hydrogen) atoms. The summed E-state index contributed by atoms with van der Waals surface area (Å²) in [5, 5.41) is 3.03. The summed E-state index contributed by atoms with van der Waals surface area (Å²) in [4.78, 5) is 0. The fourth-order valence-electron chi connectivity index (χ4n) is 4.91. The van der Waals surface area contributed by atoms with Gasteiger partial charge >= 0.3 is 99.8 Å². The van der Waals surface area contributed by atoms with Gasteiger partial charge in [-0.25, -0.2) is 11.1 Å². The van der Waals surface area contributed by atoms with E-state index < -0.39 is 5.43 Å². The van der Waals surface area contributed by atoms with Crippen LogP contribution in [0.25, 0.3) is 11.1 Å². The Morgan fingerprint density at radius 3 is 1.05 bits per heavy atom. The number of benzene rings is 4. The molecular formula is C38H36Cl2SiZr-2. The van der Waals surface area contributed by atoms with Crippen LogP contribution in [0, 0.1) is 24.0 Å². The molecule has 0 saturated heterocycles. The quantitative estimate of drug-likeness (QED) is 0.229. The third kappa shape index (κ3) is 10.4. The van der Waals surface area contributed by atoms with Crippen LogP contribution in [0.5, 0.6) is 0 Å². The zero-order chi connectivity index (χ0) is 28.3. The van der Waals surface area contributed by atoms with Crippen molar-refractivity contribution in [2.24, 2.45) is 11.8 Å². The molecule has 2 atom stereocenters. The summed E-state index contributed by atoms with van der Waals surface area (Å²) in [5.74, 6) is 0.936. The summed E-state index contributed by atoms with van der Waals surface area (Å²) >= 11 is 1.64. The Labute approximate surface area is 280 Å². The second kappa shape index (κ2) is 18.2. The first-order valence-corrected chi connectivity index (χ1v) is 19.1. The molecular weight excluding hydrogens is 647 g/mol. The Kier molecular flexibility index (Phi) is 15.5. The molecule has 2 unspecified atom stereocenters. The molecule has 4 aromatic rings. The first-order chi connectivity index (χ1) is 19.4. The van der Waals surface area contributed by atoms with Crippen LogP contribution in [0.15, 0.2) is 145 Å². The summed E-state index contributed by atoms with van der Waals surface area (Å²) in [6.07, 6.45) is 11.3. The molecule has 0 amide bonds. The number of rotatable bonds is 4. The van der Waals surface area contributed by atoms with Gasteiger partial charge < -0.3 is 24.8 Å². The number of halogens is 2. The predicted octanol–water partition coefficient (Wildman–Crippen LogP) is 2.29. The van der Waals surface area contributed by atoms with Crippen molar-refractivity contribution in [3.63, 3.8) is 0 Å².